The molecule has 0 aromatic rings. The highest BCUT2D eigenvalue weighted by Crippen LogP contribution is 2.42. The van der Waals surface area contributed by atoms with E-state index in [4.69, 9.17) is 18.3 Å². The first-order valence-corrected chi connectivity index (χ1v) is 17.0. The molecule has 0 N–H and O–H groups in total. The normalized spacial score (nSPS) is 18.6. The summed E-state index contributed by atoms with van der Waals surface area (Å²) in [4.78, 5) is 24.5. The molecule has 5 atom stereocenters. The quantitative estimate of drug-likeness (QED) is 0.225. The predicted octanol–water partition coefficient (Wildman–Crippen LogP) is 5.43. The van der Waals surface area contributed by atoms with Gasteiger partial charge in [-0.15, -0.1) is 0 Å². The summed E-state index contributed by atoms with van der Waals surface area (Å²) in [6, 6.07) is 0. The number of carbonyl (C=O) groups excluding carboxylic acids is 2. The Morgan fingerprint density at radius 3 is 1.48 bits per heavy atom. The van der Waals surface area contributed by atoms with Gasteiger partial charge in [-0.25, -0.2) is 4.79 Å². The lowest BCUT2D eigenvalue weighted by molar-refractivity contribution is -0.163. The number of hydrogen-bond acceptors (Lipinski definition) is 6. The maximum absolute atomic E-state index is 12.6. The van der Waals surface area contributed by atoms with Gasteiger partial charge in [-0.3, -0.25) is 0 Å². The molecule has 0 radical (unpaired) electrons. The van der Waals surface area contributed by atoms with Crippen LogP contribution in [0.25, 0.3) is 0 Å². The first kappa shape index (κ1) is 30.5. The van der Waals surface area contributed by atoms with E-state index in [0.717, 1.165) is 6.29 Å². The molecule has 0 heterocycles. The summed E-state index contributed by atoms with van der Waals surface area (Å²) < 4.78 is 24.1. The Hall–Kier alpha value is -0.546. The molecule has 0 saturated carbocycles. The fourth-order valence-corrected chi connectivity index (χ4v) is 5.75. The second-order valence-electron chi connectivity index (χ2n) is 11.7. The smallest absolute Gasteiger partial charge is 0.337 e. The molecular weight excluding hydrogens is 428 g/mol. The summed E-state index contributed by atoms with van der Waals surface area (Å²) in [6.07, 6.45) is -0.984. The monoisotopic (exact) mass is 476 g/mol. The van der Waals surface area contributed by atoms with Crippen molar-refractivity contribution in [3.8, 4) is 0 Å². The number of esters is 1. The van der Waals surface area contributed by atoms with Crippen LogP contribution in [0.2, 0.25) is 36.3 Å². The van der Waals surface area contributed by atoms with E-state index in [0.29, 0.717) is 0 Å². The van der Waals surface area contributed by atoms with Crippen molar-refractivity contribution in [2.24, 2.45) is 11.8 Å². The number of carbonyl (C=O) groups is 2. The second kappa shape index (κ2) is 11.1. The number of rotatable bonds is 11. The number of hydrogen-bond donors (Lipinski definition) is 0. The minimum Gasteiger partial charge on any atom is -0.467 e. The third-order valence-electron chi connectivity index (χ3n) is 7.23. The van der Waals surface area contributed by atoms with Gasteiger partial charge in [0.25, 0.3) is 0 Å². The van der Waals surface area contributed by atoms with Gasteiger partial charge in [0.05, 0.1) is 19.3 Å². The predicted molar refractivity (Wildman–Crippen MR) is 131 cm³/mol. The molecule has 0 aromatic heterocycles. The van der Waals surface area contributed by atoms with Crippen molar-refractivity contribution in [3.05, 3.63) is 0 Å². The van der Waals surface area contributed by atoms with Crippen molar-refractivity contribution in [2.45, 2.75) is 110 Å². The Morgan fingerprint density at radius 1 is 0.806 bits per heavy atom. The maximum atomic E-state index is 12.6. The number of ether oxygens (including phenoxy) is 2. The molecule has 0 aromatic carbocycles. The van der Waals surface area contributed by atoms with Gasteiger partial charge in [-0.2, -0.15) is 0 Å². The van der Waals surface area contributed by atoms with Crippen molar-refractivity contribution in [3.63, 3.8) is 0 Å². The molecule has 0 unspecified atom stereocenters. The van der Waals surface area contributed by atoms with Gasteiger partial charge in [0.2, 0.25) is 0 Å². The molecule has 0 aliphatic heterocycles. The minimum absolute atomic E-state index is 0.0215. The summed E-state index contributed by atoms with van der Waals surface area (Å²) in [6.45, 7) is 25.4. The summed E-state index contributed by atoms with van der Waals surface area (Å²) in [5.41, 5.74) is 0. The van der Waals surface area contributed by atoms with E-state index in [2.05, 4.69) is 67.7 Å². The van der Waals surface area contributed by atoms with Crippen molar-refractivity contribution in [2.75, 3.05) is 14.2 Å². The zero-order valence-electron chi connectivity index (χ0n) is 22.4. The van der Waals surface area contributed by atoms with Crippen LogP contribution in [0.15, 0.2) is 0 Å². The largest absolute Gasteiger partial charge is 0.467 e. The van der Waals surface area contributed by atoms with Gasteiger partial charge in [0.15, 0.2) is 22.7 Å². The topological polar surface area (TPSA) is 71.1 Å². The van der Waals surface area contributed by atoms with Gasteiger partial charge in [0.1, 0.15) is 6.29 Å². The van der Waals surface area contributed by atoms with Crippen LogP contribution in [0, 0.1) is 11.8 Å². The highest BCUT2D eigenvalue weighted by molar-refractivity contribution is 6.74. The molecule has 6 nitrogen and oxygen atoms in total. The molecule has 8 heteroatoms. The zero-order valence-corrected chi connectivity index (χ0v) is 24.4. The average molecular weight is 477 g/mol. The standard InChI is InChI=1S/C23H48O6Si2/c1-16(15-24)18(28-30(11,12)22(3,4)5)17(2)19(20(26-9)21(25)27-10)29-31(13,14)23(6,7)8/h15-20H,1-14H3/t16-,17+,18+,19-,20-/m0/s1. The van der Waals surface area contributed by atoms with E-state index in [1.165, 1.54) is 14.2 Å². The lowest BCUT2D eigenvalue weighted by Crippen LogP contribution is -2.56. The Balaban J connectivity index is 6.40. The highest BCUT2D eigenvalue weighted by atomic mass is 28.4. The summed E-state index contributed by atoms with van der Waals surface area (Å²) >= 11 is 0. The molecule has 0 aliphatic rings. The van der Waals surface area contributed by atoms with Gasteiger partial charge >= 0.3 is 5.97 Å². The van der Waals surface area contributed by atoms with Crippen molar-refractivity contribution in [1.29, 1.82) is 0 Å². The third-order valence-corrected chi connectivity index (χ3v) is 16.2. The van der Waals surface area contributed by atoms with Crippen LogP contribution in [0.1, 0.15) is 55.4 Å². The molecular formula is C23H48O6Si2. The maximum Gasteiger partial charge on any atom is 0.337 e. The Labute approximate surface area is 193 Å². The lowest BCUT2D eigenvalue weighted by atomic mass is 9.87. The molecule has 0 rings (SSSR count). The highest BCUT2D eigenvalue weighted by Gasteiger charge is 2.48. The van der Waals surface area contributed by atoms with E-state index < -0.39 is 40.9 Å². The molecule has 184 valence electrons. The van der Waals surface area contributed by atoms with E-state index >= 15 is 0 Å². The third kappa shape index (κ3) is 7.77. The first-order chi connectivity index (χ1) is 13.8. The fourth-order valence-electron chi connectivity index (χ4n) is 2.92. The number of methoxy groups -OCH3 is 2. The summed E-state index contributed by atoms with van der Waals surface area (Å²) in [7, 11) is -1.63. The molecule has 0 amide bonds. The summed E-state index contributed by atoms with van der Waals surface area (Å²) in [5.74, 6) is -1.11. The molecule has 0 fully saturated rings. The van der Waals surface area contributed by atoms with Gasteiger partial charge < -0.3 is 23.1 Å². The Morgan fingerprint density at radius 2 is 1.19 bits per heavy atom. The van der Waals surface area contributed by atoms with E-state index in [1.807, 2.05) is 13.8 Å². The second-order valence-corrected chi connectivity index (χ2v) is 21.2. The Bertz CT molecular complexity index is 592. The Kier molecular flexibility index (Phi) is 10.9. The molecule has 0 spiro atoms. The van der Waals surface area contributed by atoms with Crippen LogP contribution in [-0.4, -0.2) is 61.4 Å². The molecule has 0 aliphatic carbocycles. The van der Waals surface area contributed by atoms with Crippen LogP contribution < -0.4 is 0 Å². The number of aldehydes is 1. The van der Waals surface area contributed by atoms with Crippen molar-refractivity contribution in [1.82, 2.24) is 0 Å². The summed E-state index contributed by atoms with van der Waals surface area (Å²) in [5, 5.41) is -0.0855. The van der Waals surface area contributed by atoms with Crippen LogP contribution in [-0.2, 0) is 27.9 Å². The van der Waals surface area contributed by atoms with Crippen LogP contribution in [0.4, 0.5) is 0 Å². The van der Waals surface area contributed by atoms with Crippen molar-refractivity contribution >= 4 is 28.9 Å². The molecule has 0 saturated heterocycles. The molecule has 0 bridgehead atoms. The van der Waals surface area contributed by atoms with Crippen LogP contribution in [0.3, 0.4) is 0 Å². The zero-order chi connectivity index (χ0) is 25.0. The molecule has 31 heavy (non-hydrogen) atoms. The SMILES string of the molecule is COC(=O)[C@@H](OC)[C@@H](O[Si](C)(C)C(C)(C)C)[C@H](C)[C@H](O[Si](C)(C)C(C)(C)C)[C@@H](C)C=O. The van der Waals surface area contributed by atoms with Crippen molar-refractivity contribution < 1.29 is 27.9 Å². The van der Waals surface area contributed by atoms with Crippen LogP contribution >= 0.6 is 0 Å². The van der Waals surface area contributed by atoms with Crippen LogP contribution in [0.5, 0.6) is 0 Å². The van der Waals surface area contributed by atoms with E-state index in [1.54, 1.807) is 0 Å². The first-order valence-electron chi connectivity index (χ1n) is 11.2. The fraction of sp³-hybridized carbons (Fsp3) is 0.913. The van der Waals surface area contributed by atoms with Gasteiger partial charge in [-0.1, -0.05) is 55.4 Å². The van der Waals surface area contributed by atoms with Gasteiger partial charge in [0, 0.05) is 18.9 Å². The van der Waals surface area contributed by atoms with E-state index in [-0.39, 0.29) is 21.9 Å². The van der Waals surface area contributed by atoms with E-state index in [9.17, 15) is 9.59 Å². The minimum atomic E-state index is -2.27. The lowest BCUT2D eigenvalue weighted by Gasteiger charge is -2.47. The van der Waals surface area contributed by atoms with Gasteiger partial charge in [-0.05, 0) is 36.3 Å². The average Bonchev–Trinajstić information content (AvgIpc) is 2.62.